The van der Waals surface area contributed by atoms with E-state index in [-0.39, 0.29) is 35.6 Å². The highest BCUT2D eigenvalue weighted by molar-refractivity contribution is 7.52. The molecular weight excluding hydrogens is 417 g/mol. The molecule has 0 unspecified atom stereocenters. The standard InChI is InChI=1S/C17H20N5O7P/c1-4-28-30(27,29-5-2)10-21-13-7-14(20-8-11(3)18-9-20)15(22(25)26)6-12(13)19-16(23)17(21)24/h6-9H,4-5,10H2,1-3H3,(H,19,23). The van der Waals surface area contributed by atoms with Crippen LogP contribution in [0.4, 0.5) is 5.69 Å². The molecule has 0 aliphatic carbocycles. The first-order chi connectivity index (χ1) is 14.2. The van der Waals surface area contributed by atoms with Crippen LogP contribution in [0.5, 0.6) is 0 Å². The van der Waals surface area contributed by atoms with Gasteiger partial charge in [0.2, 0.25) is 0 Å². The van der Waals surface area contributed by atoms with Crippen molar-refractivity contribution in [2.45, 2.75) is 27.1 Å². The van der Waals surface area contributed by atoms with Gasteiger partial charge in [-0.1, -0.05) is 0 Å². The highest BCUT2D eigenvalue weighted by Crippen LogP contribution is 2.49. The zero-order valence-corrected chi connectivity index (χ0v) is 17.4. The second-order valence-electron chi connectivity index (χ2n) is 6.31. The van der Waals surface area contributed by atoms with Crippen LogP contribution < -0.4 is 11.1 Å². The third kappa shape index (κ3) is 4.11. The summed E-state index contributed by atoms with van der Waals surface area (Å²) in [7, 11) is -3.75. The third-order valence-corrected chi connectivity index (χ3v) is 6.16. The van der Waals surface area contributed by atoms with E-state index >= 15 is 0 Å². The zero-order valence-electron chi connectivity index (χ0n) is 16.5. The van der Waals surface area contributed by atoms with E-state index in [0.717, 1.165) is 10.6 Å². The van der Waals surface area contributed by atoms with Gasteiger partial charge in [0.15, 0.2) is 0 Å². The summed E-state index contributed by atoms with van der Waals surface area (Å²) in [5.41, 5.74) is -1.39. The van der Waals surface area contributed by atoms with Gasteiger partial charge in [-0.15, -0.1) is 0 Å². The molecule has 2 aromatic heterocycles. The Hall–Kier alpha value is -3.08. The maximum Gasteiger partial charge on any atom is 0.350 e. The Balaban J connectivity index is 2.33. The fourth-order valence-electron chi connectivity index (χ4n) is 3.03. The van der Waals surface area contributed by atoms with Crippen LogP contribution in [-0.4, -0.2) is 37.2 Å². The number of H-pyrrole nitrogens is 1. The molecule has 0 saturated heterocycles. The van der Waals surface area contributed by atoms with Crippen LogP contribution in [0.3, 0.4) is 0 Å². The summed E-state index contributed by atoms with van der Waals surface area (Å²) in [6.07, 6.45) is 2.45. The summed E-state index contributed by atoms with van der Waals surface area (Å²) in [6, 6.07) is 2.50. The molecule has 3 aromatic rings. The smallest absolute Gasteiger partial charge is 0.316 e. The highest BCUT2D eigenvalue weighted by Gasteiger charge is 2.28. The lowest BCUT2D eigenvalue weighted by molar-refractivity contribution is -0.384. The van der Waals surface area contributed by atoms with Crippen LogP contribution in [-0.2, 0) is 19.9 Å². The molecule has 30 heavy (non-hydrogen) atoms. The molecule has 1 N–H and O–H groups in total. The molecule has 0 atom stereocenters. The minimum atomic E-state index is -3.75. The highest BCUT2D eigenvalue weighted by atomic mass is 31.2. The Kier molecular flexibility index (Phi) is 6.01. The summed E-state index contributed by atoms with van der Waals surface area (Å²) in [5.74, 6) is 0. The number of hydrogen-bond acceptors (Lipinski definition) is 8. The van der Waals surface area contributed by atoms with E-state index in [9.17, 15) is 24.3 Å². The Labute approximate surface area is 169 Å². The lowest BCUT2D eigenvalue weighted by Crippen LogP contribution is -2.36. The molecule has 0 fully saturated rings. The summed E-state index contributed by atoms with van der Waals surface area (Å²) in [5, 5.41) is 11.6. The topological polar surface area (TPSA) is 151 Å². The minimum absolute atomic E-state index is 0.0337. The lowest BCUT2D eigenvalue weighted by atomic mass is 10.2. The van der Waals surface area contributed by atoms with Crippen molar-refractivity contribution in [1.29, 1.82) is 0 Å². The van der Waals surface area contributed by atoms with Crippen molar-refractivity contribution in [3.05, 3.63) is 61.2 Å². The maximum absolute atomic E-state index is 13.0. The van der Waals surface area contributed by atoms with Crippen molar-refractivity contribution in [2.24, 2.45) is 0 Å². The van der Waals surface area contributed by atoms with Crippen LogP contribution in [0.2, 0.25) is 0 Å². The second-order valence-corrected chi connectivity index (χ2v) is 8.33. The summed E-state index contributed by atoms with van der Waals surface area (Å²) < 4.78 is 25.8. The number of benzene rings is 1. The number of aryl methyl sites for hydroxylation is 1. The van der Waals surface area contributed by atoms with Gasteiger partial charge < -0.3 is 14.0 Å². The van der Waals surface area contributed by atoms with Crippen LogP contribution in [0, 0.1) is 17.0 Å². The van der Waals surface area contributed by atoms with Crippen LogP contribution in [0.25, 0.3) is 16.7 Å². The molecule has 3 rings (SSSR count). The lowest BCUT2D eigenvalue weighted by Gasteiger charge is -2.19. The molecule has 0 aliphatic heterocycles. The van der Waals surface area contributed by atoms with Crippen molar-refractivity contribution < 1.29 is 18.5 Å². The van der Waals surface area contributed by atoms with E-state index < -0.39 is 29.9 Å². The Bertz CT molecular complexity index is 1270. The number of imidazole rings is 1. The molecule has 0 bridgehead atoms. The first kappa shape index (κ1) is 21.6. The Morgan fingerprint density at radius 1 is 1.23 bits per heavy atom. The van der Waals surface area contributed by atoms with E-state index in [4.69, 9.17) is 9.05 Å². The summed E-state index contributed by atoms with van der Waals surface area (Å²) in [4.78, 5) is 42.1. The van der Waals surface area contributed by atoms with Crippen molar-refractivity contribution in [3.8, 4) is 5.69 Å². The molecule has 2 heterocycles. The number of rotatable bonds is 8. The molecule has 1 aromatic carbocycles. The molecular formula is C17H20N5O7P. The number of nitro benzene ring substituents is 1. The van der Waals surface area contributed by atoms with E-state index in [0.29, 0.717) is 5.69 Å². The van der Waals surface area contributed by atoms with E-state index in [1.165, 1.54) is 17.0 Å². The monoisotopic (exact) mass is 437 g/mol. The van der Waals surface area contributed by atoms with E-state index in [1.54, 1.807) is 27.0 Å². The van der Waals surface area contributed by atoms with Gasteiger partial charge in [-0.25, -0.2) is 4.98 Å². The van der Waals surface area contributed by atoms with Crippen molar-refractivity contribution in [2.75, 3.05) is 13.2 Å². The molecule has 0 saturated carbocycles. The number of fused-ring (bicyclic) bond motifs is 1. The predicted octanol–water partition coefficient (Wildman–Crippen LogP) is 2.32. The van der Waals surface area contributed by atoms with Gasteiger partial charge >= 0.3 is 18.7 Å². The zero-order chi connectivity index (χ0) is 22.1. The van der Waals surface area contributed by atoms with Crippen molar-refractivity contribution in [3.63, 3.8) is 0 Å². The number of nitro groups is 1. The van der Waals surface area contributed by atoms with Gasteiger partial charge in [0.1, 0.15) is 12.0 Å². The first-order valence-corrected chi connectivity index (χ1v) is 10.8. The van der Waals surface area contributed by atoms with E-state index in [1.807, 2.05) is 0 Å². The minimum Gasteiger partial charge on any atom is -0.316 e. The van der Waals surface area contributed by atoms with E-state index in [2.05, 4.69) is 9.97 Å². The number of aromatic amines is 1. The molecule has 13 heteroatoms. The van der Waals surface area contributed by atoms with Crippen LogP contribution >= 0.6 is 7.60 Å². The van der Waals surface area contributed by atoms with Gasteiger partial charge in [0, 0.05) is 12.3 Å². The molecule has 0 amide bonds. The largest absolute Gasteiger partial charge is 0.350 e. The predicted molar refractivity (Wildman–Crippen MR) is 108 cm³/mol. The molecule has 0 spiro atoms. The molecule has 160 valence electrons. The number of aromatic nitrogens is 4. The average Bonchev–Trinajstić information content (AvgIpc) is 3.11. The van der Waals surface area contributed by atoms with Gasteiger partial charge in [-0.2, -0.15) is 0 Å². The second kappa shape index (κ2) is 8.34. The Morgan fingerprint density at radius 2 is 1.90 bits per heavy atom. The summed E-state index contributed by atoms with van der Waals surface area (Å²) >= 11 is 0. The molecule has 12 nitrogen and oxygen atoms in total. The quantitative estimate of drug-likeness (QED) is 0.244. The number of nitrogens with one attached hydrogen (secondary N) is 1. The van der Waals surface area contributed by atoms with Gasteiger partial charge in [-0.05, 0) is 26.8 Å². The Morgan fingerprint density at radius 3 is 2.43 bits per heavy atom. The number of nitrogens with zero attached hydrogens (tertiary/aromatic N) is 4. The van der Waals surface area contributed by atoms with Gasteiger partial charge in [0.25, 0.3) is 5.69 Å². The van der Waals surface area contributed by atoms with Gasteiger partial charge in [0.05, 0.1) is 41.2 Å². The summed E-state index contributed by atoms with van der Waals surface area (Å²) in [6.45, 7) is 5.09. The van der Waals surface area contributed by atoms with Crippen molar-refractivity contribution >= 4 is 24.3 Å². The first-order valence-electron chi connectivity index (χ1n) is 9.03. The average molecular weight is 437 g/mol. The van der Waals surface area contributed by atoms with Crippen LogP contribution in [0.1, 0.15) is 19.5 Å². The number of hydrogen-bond donors (Lipinski definition) is 1. The fraction of sp³-hybridized carbons (Fsp3) is 0.353. The van der Waals surface area contributed by atoms with Crippen LogP contribution in [0.15, 0.2) is 34.2 Å². The SMILES string of the molecule is CCOP(=O)(Cn1c(=O)c(=O)[nH]c2cc([N+](=O)[O-])c(-n3cnc(C)c3)cc21)OCC. The molecule has 0 aliphatic rings. The maximum atomic E-state index is 13.0. The van der Waals surface area contributed by atoms with Gasteiger partial charge in [-0.3, -0.25) is 33.4 Å². The third-order valence-electron chi connectivity index (χ3n) is 4.22. The van der Waals surface area contributed by atoms with Crippen molar-refractivity contribution in [1.82, 2.24) is 19.1 Å². The molecule has 0 radical (unpaired) electrons. The fourth-order valence-corrected chi connectivity index (χ4v) is 4.68. The normalized spacial score (nSPS) is 11.8.